The van der Waals surface area contributed by atoms with Crippen LogP contribution < -0.4 is 5.32 Å². The van der Waals surface area contributed by atoms with Crippen molar-refractivity contribution >= 4 is 11.8 Å². The Kier molecular flexibility index (Phi) is 5.56. The van der Waals surface area contributed by atoms with Gasteiger partial charge in [0, 0.05) is 18.2 Å². The molecular formula is C16H24N2O3. The number of hydrogen-bond acceptors (Lipinski definition) is 5. The molecule has 1 saturated carbocycles. The molecule has 1 aliphatic carbocycles. The van der Waals surface area contributed by atoms with Crippen molar-refractivity contribution in [1.82, 2.24) is 4.98 Å². The number of carbonyl (C=O) groups is 1. The van der Waals surface area contributed by atoms with E-state index < -0.39 is 0 Å². The summed E-state index contributed by atoms with van der Waals surface area (Å²) in [5.41, 5.74) is 0.427. The molecule has 0 saturated heterocycles. The highest BCUT2D eigenvalue weighted by Gasteiger charge is 2.31. The van der Waals surface area contributed by atoms with Gasteiger partial charge in [-0.2, -0.15) is 0 Å². The Morgan fingerprint density at radius 3 is 2.71 bits per heavy atom. The summed E-state index contributed by atoms with van der Waals surface area (Å²) in [4.78, 5) is 15.8. The number of pyridine rings is 1. The Balaban J connectivity index is 1.92. The van der Waals surface area contributed by atoms with Crippen LogP contribution in [0.4, 0.5) is 5.82 Å². The van der Waals surface area contributed by atoms with E-state index in [9.17, 15) is 9.90 Å². The summed E-state index contributed by atoms with van der Waals surface area (Å²) in [7, 11) is 0. The molecule has 0 aliphatic heterocycles. The molecule has 116 valence electrons. The molecule has 0 radical (unpaired) electrons. The first-order valence-electron chi connectivity index (χ1n) is 7.67. The van der Waals surface area contributed by atoms with E-state index in [0.29, 0.717) is 12.2 Å². The average Bonchev–Trinajstić information content (AvgIpc) is 2.54. The first kappa shape index (κ1) is 15.8. The molecular weight excluding hydrogens is 268 g/mol. The second kappa shape index (κ2) is 7.41. The Labute approximate surface area is 125 Å². The second-order valence-corrected chi connectivity index (χ2v) is 5.72. The minimum atomic E-state index is -0.351. The zero-order valence-electron chi connectivity index (χ0n) is 12.6. The van der Waals surface area contributed by atoms with Crippen molar-refractivity contribution in [3.63, 3.8) is 0 Å². The Morgan fingerprint density at radius 1 is 1.38 bits per heavy atom. The minimum absolute atomic E-state index is 0.0280. The van der Waals surface area contributed by atoms with Gasteiger partial charge in [0.05, 0.1) is 18.8 Å². The standard InChI is InChI=1S/C16H24N2O3/c1-2-21-15(20)13-6-7-14(17-10-13)18-11-16(12-19)8-4-3-5-9-16/h6-7,10,19H,2-5,8-9,11-12H2,1H3,(H,17,18). The van der Waals surface area contributed by atoms with Crippen LogP contribution in [0.15, 0.2) is 18.3 Å². The van der Waals surface area contributed by atoms with E-state index in [1.807, 2.05) is 0 Å². The molecule has 0 aromatic carbocycles. The van der Waals surface area contributed by atoms with Crippen LogP contribution in [-0.4, -0.2) is 35.8 Å². The lowest BCUT2D eigenvalue weighted by atomic mass is 9.74. The van der Waals surface area contributed by atoms with Crippen LogP contribution in [0.2, 0.25) is 0 Å². The van der Waals surface area contributed by atoms with Gasteiger partial charge < -0.3 is 15.2 Å². The molecule has 5 nitrogen and oxygen atoms in total. The van der Waals surface area contributed by atoms with E-state index in [0.717, 1.165) is 25.2 Å². The van der Waals surface area contributed by atoms with Gasteiger partial charge in [-0.15, -0.1) is 0 Å². The summed E-state index contributed by atoms with van der Waals surface area (Å²) in [5, 5.41) is 13.0. The fraction of sp³-hybridized carbons (Fsp3) is 0.625. The highest BCUT2D eigenvalue weighted by atomic mass is 16.5. The number of nitrogens with one attached hydrogen (secondary N) is 1. The quantitative estimate of drug-likeness (QED) is 0.789. The third kappa shape index (κ3) is 4.17. The van der Waals surface area contributed by atoms with Crippen LogP contribution in [-0.2, 0) is 4.74 Å². The first-order chi connectivity index (χ1) is 10.2. The molecule has 0 amide bonds. The monoisotopic (exact) mass is 292 g/mol. The van der Waals surface area contributed by atoms with Gasteiger partial charge in [-0.25, -0.2) is 9.78 Å². The Morgan fingerprint density at radius 2 is 2.14 bits per heavy atom. The summed E-state index contributed by atoms with van der Waals surface area (Å²) in [6.45, 7) is 3.06. The molecule has 5 heteroatoms. The molecule has 0 unspecified atom stereocenters. The Bertz CT molecular complexity index is 453. The van der Waals surface area contributed by atoms with Crippen LogP contribution in [0.1, 0.15) is 49.4 Å². The third-order valence-electron chi connectivity index (χ3n) is 4.17. The average molecular weight is 292 g/mol. The molecule has 2 N–H and O–H groups in total. The lowest BCUT2D eigenvalue weighted by molar-refractivity contribution is 0.0526. The largest absolute Gasteiger partial charge is 0.462 e. The molecule has 1 aromatic heterocycles. The van der Waals surface area contributed by atoms with Crippen molar-refractivity contribution in [2.45, 2.75) is 39.0 Å². The number of esters is 1. The maximum Gasteiger partial charge on any atom is 0.339 e. The van der Waals surface area contributed by atoms with Crippen molar-refractivity contribution in [3.05, 3.63) is 23.9 Å². The number of aromatic nitrogens is 1. The van der Waals surface area contributed by atoms with E-state index in [4.69, 9.17) is 4.74 Å². The van der Waals surface area contributed by atoms with Gasteiger partial charge in [0.15, 0.2) is 0 Å². The van der Waals surface area contributed by atoms with E-state index in [-0.39, 0.29) is 18.0 Å². The molecule has 2 rings (SSSR count). The smallest absolute Gasteiger partial charge is 0.339 e. The molecule has 21 heavy (non-hydrogen) atoms. The summed E-state index contributed by atoms with van der Waals surface area (Å²) < 4.78 is 4.92. The molecule has 0 bridgehead atoms. The third-order valence-corrected chi connectivity index (χ3v) is 4.17. The molecule has 1 fully saturated rings. The van der Waals surface area contributed by atoms with Gasteiger partial charge in [-0.1, -0.05) is 19.3 Å². The highest BCUT2D eigenvalue weighted by Crippen LogP contribution is 2.35. The summed E-state index contributed by atoms with van der Waals surface area (Å²) in [6.07, 6.45) is 7.24. The van der Waals surface area contributed by atoms with Crippen LogP contribution in [0.5, 0.6) is 0 Å². The molecule has 1 aliphatic rings. The highest BCUT2D eigenvalue weighted by molar-refractivity contribution is 5.89. The predicted molar refractivity (Wildman–Crippen MR) is 81.3 cm³/mol. The van der Waals surface area contributed by atoms with Crippen LogP contribution >= 0.6 is 0 Å². The topological polar surface area (TPSA) is 71.5 Å². The Hall–Kier alpha value is -1.62. The van der Waals surface area contributed by atoms with Crippen molar-refractivity contribution in [2.75, 3.05) is 25.1 Å². The summed E-state index contributed by atoms with van der Waals surface area (Å²) in [5.74, 6) is 0.372. The number of nitrogens with zero attached hydrogens (tertiary/aromatic N) is 1. The van der Waals surface area contributed by atoms with E-state index in [2.05, 4.69) is 10.3 Å². The maximum atomic E-state index is 11.5. The van der Waals surface area contributed by atoms with Crippen LogP contribution in [0.3, 0.4) is 0 Å². The van der Waals surface area contributed by atoms with Gasteiger partial charge in [0.2, 0.25) is 0 Å². The predicted octanol–water partition coefficient (Wildman–Crippen LogP) is 2.61. The van der Waals surface area contributed by atoms with Crippen LogP contribution in [0, 0.1) is 5.41 Å². The fourth-order valence-electron chi connectivity index (χ4n) is 2.80. The van der Waals surface area contributed by atoms with Gasteiger partial charge in [-0.3, -0.25) is 0 Å². The SMILES string of the molecule is CCOC(=O)c1ccc(NCC2(CO)CCCCC2)nc1. The lowest BCUT2D eigenvalue weighted by Crippen LogP contribution is -2.35. The van der Waals surface area contributed by atoms with Gasteiger partial charge >= 0.3 is 5.97 Å². The van der Waals surface area contributed by atoms with Crippen molar-refractivity contribution < 1.29 is 14.6 Å². The zero-order chi connectivity index (χ0) is 15.1. The van der Waals surface area contributed by atoms with Crippen molar-refractivity contribution in [3.8, 4) is 0 Å². The number of rotatable bonds is 6. The first-order valence-corrected chi connectivity index (χ1v) is 7.67. The molecule has 0 spiro atoms. The maximum absolute atomic E-state index is 11.5. The number of aliphatic hydroxyl groups is 1. The van der Waals surface area contributed by atoms with E-state index in [1.165, 1.54) is 25.5 Å². The molecule has 1 heterocycles. The van der Waals surface area contributed by atoms with Gasteiger partial charge in [0.25, 0.3) is 0 Å². The number of anilines is 1. The minimum Gasteiger partial charge on any atom is -0.462 e. The number of aliphatic hydroxyl groups excluding tert-OH is 1. The number of carbonyl (C=O) groups excluding carboxylic acids is 1. The molecule has 1 aromatic rings. The number of ether oxygens (including phenoxy) is 1. The fourth-order valence-corrected chi connectivity index (χ4v) is 2.80. The second-order valence-electron chi connectivity index (χ2n) is 5.72. The molecule has 0 atom stereocenters. The van der Waals surface area contributed by atoms with Gasteiger partial charge in [0.1, 0.15) is 5.82 Å². The van der Waals surface area contributed by atoms with E-state index >= 15 is 0 Å². The summed E-state index contributed by atoms with van der Waals surface area (Å²) >= 11 is 0. The summed E-state index contributed by atoms with van der Waals surface area (Å²) in [6, 6.07) is 3.49. The van der Waals surface area contributed by atoms with E-state index in [1.54, 1.807) is 19.1 Å². The normalized spacial score (nSPS) is 17.2. The number of hydrogen-bond donors (Lipinski definition) is 2. The lowest BCUT2D eigenvalue weighted by Gasteiger charge is -2.35. The van der Waals surface area contributed by atoms with Crippen molar-refractivity contribution in [2.24, 2.45) is 5.41 Å². The zero-order valence-corrected chi connectivity index (χ0v) is 12.6. The van der Waals surface area contributed by atoms with Gasteiger partial charge in [-0.05, 0) is 31.9 Å². The van der Waals surface area contributed by atoms with Crippen molar-refractivity contribution in [1.29, 1.82) is 0 Å². The van der Waals surface area contributed by atoms with Crippen LogP contribution in [0.25, 0.3) is 0 Å².